The first-order chi connectivity index (χ1) is 9.70. The zero-order valence-electron chi connectivity index (χ0n) is 11.7. The van der Waals surface area contributed by atoms with E-state index in [-0.39, 0.29) is 5.92 Å². The number of allylic oxidation sites excluding steroid dienone is 1. The molecule has 2 rings (SSSR count). The van der Waals surface area contributed by atoms with Crippen LogP contribution in [0, 0.1) is 0 Å². The molecule has 0 bridgehead atoms. The molecule has 1 unspecified atom stereocenters. The molecule has 0 aliphatic carbocycles. The molecule has 102 valence electrons. The van der Waals surface area contributed by atoms with E-state index < -0.39 is 0 Å². The lowest BCUT2D eigenvalue weighted by Gasteiger charge is -2.09. The van der Waals surface area contributed by atoms with Gasteiger partial charge in [0.25, 0.3) is 0 Å². The van der Waals surface area contributed by atoms with Gasteiger partial charge in [0, 0.05) is 23.9 Å². The lowest BCUT2D eigenvalue weighted by Crippen LogP contribution is -2.02. The number of rotatable bonds is 4. The molecule has 4 heteroatoms. The average molecular weight is 266 g/mol. The van der Waals surface area contributed by atoms with Crippen LogP contribution in [0.25, 0.3) is 11.3 Å². The van der Waals surface area contributed by atoms with Gasteiger partial charge in [-0.1, -0.05) is 43.3 Å². The highest BCUT2D eigenvalue weighted by molar-refractivity contribution is 5.60. The normalized spacial score (nSPS) is 13.1. The van der Waals surface area contributed by atoms with E-state index in [1.165, 1.54) is 0 Å². The van der Waals surface area contributed by atoms with Crippen molar-refractivity contribution in [3.63, 3.8) is 0 Å². The van der Waals surface area contributed by atoms with Gasteiger partial charge in [-0.2, -0.15) is 0 Å². The number of aliphatic imine (C=N–C) groups is 1. The number of nitrogens with zero attached hydrogens (tertiary/aromatic N) is 3. The molecule has 0 aliphatic rings. The Labute approximate surface area is 119 Å². The van der Waals surface area contributed by atoms with E-state index in [1.54, 1.807) is 12.4 Å². The topological polar surface area (TPSA) is 64.2 Å². The van der Waals surface area contributed by atoms with E-state index in [0.29, 0.717) is 5.95 Å². The monoisotopic (exact) mass is 266 g/mol. The molecule has 1 heterocycles. The summed E-state index contributed by atoms with van der Waals surface area (Å²) < 4.78 is 0. The predicted octanol–water partition coefficient (Wildman–Crippen LogP) is 3.43. The minimum absolute atomic E-state index is 0.131. The van der Waals surface area contributed by atoms with Crippen LogP contribution in [0.5, 0.6) is 0 Å². The van der Waals surface area contributed by atoms with Crippen molar-refractivity contribution in [2.75, 3.05) is 5.73 Å². The third kappa shape index (κ3) is 3.51. The SMILES string of the molecule is CC=N/C=C\C(C)c1cc(-c2ccccc2)nc(N)n1. The Hall–Kier alpha value is -2.49. The van der Waals surface area contributed by atoms with Crippen LogP contribution in [0.4, 0.5) is 5.95 Å². The Kier molecular flexibility index (Phi) is 4.60. The van der Waals surface area contributed by atoms with Crippen LogP contribution in [0.3, 0.4) is 0 Å². The van der Waals surface area contributed by atoms with Crippen LogP contribution in [0.15, 0.2) is 53.7 Å². The lowest BCUT2D eigenvalue weighted by atomic mass is 10.0. The fourth-order valence-corrected chi connectivity index (χ4v) is 1.84. The van der Waals surface area contributed by atoms with Crippen molar-refractivity contribution in [2.45, 2.75) is 19.8 Å². The molecule has 1 aromatic heterocycles. The number of hydrogen-bond acceptors (Lipinski definition) is 4. The summed E-state index contributed by atoms with van der Waals surface area (Å²) in [5, 5.41) is 0. The third-order valence-electron chi connectivity index (χ3n) is 2.91. The van der Waals surface area contributed by atoms with Crippen LogP contribution in [0.2, 0.25) is 0 Å². The highest BCUT2D eigenvalue weighted by atomic mass is 15.0. The van der Waals surface area contributed by atoms with Crippen LogP contribution in [-0.4, -0.2) is 16.2 Å². The van der Waals surface area contributed by atoms with E-state index in [0.717, 1.165) is 17.0 Å². The average Bonchev–Trinajstić information content (AvgIpc) is 2.47. The van der Waals surface area contributed by atoms with Crippen LogP contribution < -0.4 is 5.73 Å². The van der Waals surface area contributed by atoms with Gasteiger partial charge in [0.1, 0.15) is 0 Å². The van der Waals surface area contributed by atoms with E-state index >= 15 is 0 Å². The molecule has 0 saturated heterocycles. The first-order valence-corrected chi connectivity index (χ1v) is 6.55. The molecule has 1 atom stereocenters. The molecular formula is C16H18N4. The molecular weight excluding hydrogens is 248 g/mol. The fourth-order valence-electron chi connectivity index (χ4n) is 1.84. The Morgan fingerprint density at radius 1 is 1.20 bits per heavy atom. The maximum Gasteiger partial charge on any atom is 0.220 e. The second-order valence-corrected chi connectivity index (χ2v) is 4.44. The molecule has 0 saturated carbocycles. The summed E-state index contributed by atoms with van der Waals surface area (Å²) >= 11 is 0. The number of aromatic nitrogens is 2. The standard InChI is InChI=1S/C16H18N4/c1-3-18-10-9-12(2)14-11-15(20-16(17)19-14)13-7-5-4-6-8-13/h3-12H,1-2H3,(H2,17,19,20)/b10-9-,18-3?. The zero-order valence-corrected chi connectivity index (χ0v) is 11.7. The first-order valence-electron chi connectivity index (χ1n) is 6.55. The minimum atomic E-state index is 0.131. The van der Waals surface area contributed by atoms with Crippen molar-refractivity contribution >= 4 is 12.2 Å². The summed E-state index contributed by atoms with van der Waals surface area (Å²) in [6.45, 7) is 3.93. The maximum absolute atomic E-state index is 5.81. The van der Waals surface area contributed by atoms with Gasteiger partial charge < -0.3 is 5.73 Å². The van der Waals surface area contributed by atoms with Crippen molar-refractivity contribution in [1.82, 2.24) is 9.97 Å². The molecule has 2 N–H and O–H groups in total. The molecule has 0 amide bonds. The molecule has 0 spiro atoms. The minimum Gasteiger partial charge on any atom is -0.368 e. The van der Waals surface area contributed by atoms with Crippen molar-refractivity contribution < 1.29 is 0 Å². The van der Waals surface area contributed by atoms with Gasteiger partial charge in [-0.05, 0) is 13.0 Å². The Bertz CT molecular complexity index is 618. The van der Waals surface area contributed by atoms with Gasteiger partial charge >= 0.3 is 0 Å². The van der Waals surface area contributed by atoms with Gasteiger partial charge in [0.15, 0.2) is 0 Å². The first kappa shape index (κ1) is 13.9. The van der Waals surface area contributed by atoms with Crippen LogP contribution in [-0.2, 0) is 0 Å². The van der Waals surface area contributed by atoms with Crippen molar-refractivity contribution in [2.24, 2.45) is 4.99 Å². The van der Waals surface area contributed by atoms with Gasteiger partial charge in [0.2, 0.25) is 5.95 Å². The van der Waals surface area contributed by atoms with E-state index in [2.05, 4.69) is 21.9 Å². The summed E-state index contributed by atoms with van der Waals surface area (Å²) in [4.78, 5) is 12.7. The summed E-state index contributed by atoms with van der Waals surface area (Å²) in [5.74, 6) is 0.423. The van der Waals surface area contributed by atoms with Gasteiger partial charge in [-0.15, -0.1) is 0 Å². The van der Waals surface area contributed by atoms with Gasteiger partial charge in [0.05, 0.1) is 11.4 Å². The van der Waals surface area contributed by atoms with Crippen molar-refractivity contribution in [3.05, 3.63) is 54.4 Å². The zero-order chi connectivity index (χ0) is 14.4. The summed E-state index contributed by atoms with van der Waals surface area (Å²) in [7, 11) is 0. The molecule has 20 heavy (non-hydrogen) atoms. The quantitative estimate of drug-likeness (QED) is 0.862. The molecule has 1 aromatic carbocycles. The van der Waals surface area contributed by atoms with E-state index in [4.69, 9.17) is 5.73 Å². The molecule has 2 aromatic rings. The number of nitrogen functional groups attached to an aromatic ring is 1. The number of anilines is 1. The van der Waals surface area contributed by atoms with Crippen LogP contribution in [0.1, 0.15) is 25.5 Å². The second kappa shape index (κ2) is 6.61. The fraction of sp³-hybridized carbons (Fsp3) is 0.188. The van der Waals surface area contributed by atoms with Crippen LogP contribution >= 0.6 is 0 Å². The molecule has 0 fully saturated rings. The third-order valence-corrected chi connectivity index (χ3v) is 2.91. The lowest BCUT2D eigenvalue weighted by molar-refractivity contribution is 0.896. The number of benzene rings is 1. The van der Waals surface area contributed by atoms with E-state index in [9.17, 15) is 0 Å². The highest BCUT2D eigenvalue weighted by Gasteiger charge is 2.08. The Balaban J connectivity index is 2.34. The second-order valence-electron chi connectivity index (χ2n) is 4.44. The van der Waals surface area contributed by atoms with Crippen molar-refractivity contribution in [3.8, 4) is 11.3 Å². The smallest absolute Gasteiger partial charge is 0.220 e. The van der Waals surface area contributed by atoms with E-state index in [1.807, 2.05) is 49.4 Å². The van der Waals surface area contributed by atoms with Crippen molar-refractivity contribution in [1.29, 1.82) is 0 Å². The molecule has 0 aliphatic heterocycles. The number of nitrogens with two attached hydrogens (primary N) is 1. The Morgan fingerprint density at radius 3 is 2.65 bits per heavy atom. The predicted molar refractivity (Wildman–Crippen MR) is 83.6 cm³/mol. The maximum atomic E-state index is 5.81. The largest absolute Gasteiger partial charge is 0.368 e. The molecule has 0 radical (unpaired) electrons. The summed E-state index contributed by atoms with van der Waals surface area (Å²) in [6.07, 6.45) is 5.49. The summed E-state index contributed by atoms with van der Waals surface area (Å²) in [6, 6.07) is 11.9. The Morgan fingerprint density at radius 2 is 1.95 bits per heavy atom. The highest BCUT2D eigenvalue weighted by Crippen LogP contribution is 2.22. The summed E-state index contributed by atoms with van der Waals surface area (Å²) in [5.41, 5.74) is 8.57. The molecule has 4 nitrogen and oxygen atoms in total. The van der Waals surface area contributed by atoms with Gasteiger partial charge in [-0.25, -0.2) is 9.97 Å². The van der Waals surface area contributed by atoms with Gasteiger partial charge in [-0.3, -0.25) is 4.99 Å². The number of hydrogen-bond donors (Lipinski definition) is 1.